The number of phenols is 1. The number of amides is 2. The van der Waals surface area contributed by atoms with Gasteiger partial charge in [0, 0.05) is 12.1 Å². The Morgan fingerprint density at radius 1 is 1.07 bits per heavy atom. The molecule has 5 rings (SSSR count). The number of rotatable bonds is 9. The van der Waals surface area contributed by atoms with Gasteiger partial charge in [0.15, 0.2) is 17.6 Å². The number of hydrogen-bond acceptors (Lipinski definition) is 9. The first-order valence-electron chi connectivity index (χ1n) is 12.6. The normalized spacial score (nSPS) is 20.1. The molecular weight excluding hydrogens is 586 g/mol. The van der Waals surface area contributed by atoms with E-state index in [1.165, 1.54) is 30.4 Å². The van der Waals surface area contributed by atoms with Gasteiger partial charge in [0.05, 0.1) is 40.5 Å². The van der Waals surface area contributed by atoms with Crippen LogP contribution in [0.15, 0.2) is 65.1 Å². The van der Waals surface area contributed by atoms with Crippen molar-refractivity contribution in [2.75, 3.05) is 23.7 Å². The summed E-state index contributed by atoms with van der Waals surface area (Å²) < 4.78 is 11.3. The molecule has 208 valence electrons. The van der Waals surface area contributed by atoms with Crippen LogP contribution in [-0.2, 0) is 14.4 Å². The van der Waals surface area contributed by atoms with E-state index in [-0.39, 0.29) is 22.9 Å². The summed E-state index contributed by atoms with van der Waals surface area (Å²) in [5.41, 5.74) is 0.976. The van der Waals surface area contributed by atoms with E-state index < -0.39 is 34.8 Å². The van der Waals surface area contributed by atoms with Gasteiger partial charge in [-0.25, -0.2) is 9.96 Å². The molecule has 0 spiro atoms. The van der Waals surface area contributed by atoms with E-state index in [4.69, 9.17) is 14.3 Å². The Labute approximate surface area is 238 Å². The Morgan fingerprint density at radius 3 is 2.50 bits per heavy atom. The second-order valence-electron chi connectivity index (χ2n) is 9.36. The molecule has 11 nitrogen and oxygen atoms in total. The smallest absolute Gasteiger partial charge is 0.271 e. The van der Waals surface area contributed by atoms with Gasteiger partial charge in [-0.15, -0.1) is 0 Å². The molecule has 0 saturated carbocycles. The van der Waals surface area contributed by atoms with Crippen LogP contribution in [-0.4, -0.2) is 41.7 Å². The zero-order chi connectivity index (χ0) is 28.6. The van der Waals surface area contributed by atoms with Crippen molar-refractivity contribution in [3.63, 3.8) is 0 Å². The molecule has 3 aromatic rings. The third-order valence-electron chi connectivity index (χ3n) is 6.88. The van der Waals surface area contributed by atoms with Crippen LogP contribution in [0.25, 0.3) is 0 Å². The van der Waals surface area contributed by atoms with Crippen molar-refractivity contribution in [2.24, 2.45) is 5.92 Å². The lowest BCUT2D eigenvalue weighted by molar-refractivity contribution is -0.384. The van der Waals surface area contributed by atoms with Gasteiger partial charge in [0.25, 0.3) is 11.6 Å². The molecule has 0 aromatic heterocycles. The minimum absolute atomic E-state index is 0.138. The molecule has 12 heteroatoms. The van der Waals surface area contributed by atoms with Gasteiger partial charge in [-0.1, -0.05) is 19.4 Å². The number of methoxy groups -OCH3 is 1. The summed E-state index contributed by atoms with van der Waals surface area (Å²) in [5.74, 6) is -1.41. The highest BCUT2D eigenvalue weighted by molar-refractivity contribution is 9.10. The quantitative estimate of drug-likeness (QED) is 0.148. The number of nitro benzene ring substituents is 1. The predicted octanol–water partition coefficient (Wildman–Crippen LogP) is 5.30. The van der Waals surface area contributed by atoms with Crippen LogP contribution in [0, 0.1) is 16.0 Å². The summed E-state index contributed by atoms with van der Waals surface area (Å²) in [4.78, 5) is 45.6. The van der Waals surface area contributed by atoms with Gasteiger partial charge in [0.2, 0.25) is 5.91 Å². The van der Waals surface area contributed by atoms with Crippen molar-refractivity contribution in [2.45, 2.75) is 31.9 Å². The monoisotopic (exact) mass is 611 g/mol. The average Bonchev–Trinajstić information content (AvgIpc) is 3.46. The summed E-state index contributed by atoms with van der Waals surface area (Å²) in [6.45, 7) is 2.63. The number of hydrogen-bond donors (Lipinski definition) is 1. The van der Waals surface area contributed by atoms with E-state index in [2.05, 4.69) is 22.9 Å². The number of carbonyl (C=O) groups excluding carboxylic acids is 2. The number of hydroxylamine groups is 1. The Hall–Kier alpha value is -4.16. The molecule has 0 radical (unpaired) electrons. The van der Waals surface area contributed by atoms with Crippen molar-refractivity contribution in [1.82, 2.24) is 0 Å². The van der Waals surface area contributed by atoms with Crippen molar-refractivity contribution in [3.8, 4) is 17.2 Å². The lowest BCUT2D eigenvalue weighted by Gasteiger charge is -2.29. The van der Waals surface area contributed by atoms with Gasteiger partial charge < -0.3 is 14.6 Å². The van der Waals surface area contributed by atoms with Crippen molar-refractivity contribution in [1.29, 1.82) is 0 Å². The van der Waals surface area contributed by atoms with E-state index in [0.717, 1.165) is 17.7 Å². The molecule has 0 unspecified atom stereocenters. The SMILES string of the molecule is CCCCOc1ccc(N2C(=O)[C@@H]3[C@@H](ON(c4cccc([N+](=O)[O-])c4)[C@H]3c3cc(Br)c(O)c(OC)c3)C2=O)cc1. The average molecular weight is 612 g/mol. The Kier molecular flexibility index (Phi) is 7.63. The molecule has 3 aromatic carbocycles. The molecule has 2 heterocycles. The van der Waals surface area contributed by atoms with Crippen molar-refractivity contribution in [3.05, 3.63) is 80.8 Å². The second-order valence-corrected chi connectivity index (χ2v) is 10.2. The summed E-state index contributed by atoms with van der Waals surface area (Å²) in [5, 5.41) is 23.2. The number of nitro groups is 1. The molecule has 3 atom stereocenters. The number of non-ortho nitro benzene ring substituents is 1. The minimum Gasteiger partial charge on any atom is -0.503 e. The van der Waals surface area contributed by atoms with Gasteiger partial charge in [-0.2, -0.15) is 0 Å². The number of aromatic hydroxyl groups is 1. The Balaban J connectivity index is 1.54. The molecule has 2 saturated heterocycles. The van der Waals surface area contributed by atoms with Gasteiger partial charge >= 0.3 is 0 Å². The number of fused-ring (bicyclic) bond motifs is 1. The van der Waals surface area contributed by atoms with Crippen LogP contribution in [0.2, 0.25) is 0 Å². The third kappa shape index (κ3) is 4.84. The van der Waals surface area contributed by atoms with Crippen molar-refractivity contribution >= 4 is 44.8 Å². The molecule has 1 N–H and O–H groups in total. The lowest BCUT2D eigenvalue weighted by Crippen LogP contribution is -2.37. The zero-order valence-electron chi connectivity index (χ0n) is 21.7. The van der Waals surface area contributed by atoms with Crippen LogP contribution in [0.4, 0.5) is 17.1 Å². The van der Waals surface area contributed by atoms with Gasteiger partial charge in [-0.05, 0) is 70.4 Å². The summed E-state index contributed by atoms with van der Waals surface area (Å²) in [7, 11) is 1.39. The fraction of sp³-hybridized carbons (Fsp3) is 0.286. The topological polar surface area (TPSA) is 132 Å². The minimum atomic E-state index is -1.18. The molecule has 0 aliphatic carbocycles. The maximum atomic E-state index is 13.9. The summed E-state index contributed by atoms with van der Waals surface area (Å²) in [6, 6.07) is 14.7. The fourth-order valence-electron chi connectivity index (χ4n) is 4.92. The van der Waals surface area contributed by atoms with Crippen LogP contribution >= 0.6 is 15.9 Å². The largest absolute Gasteiger partial charge is 0.503 e. The second kappa shape index (κ2) is 11.1. The highest BCUT2D eigenvalue weighted by Gasteiger charge is 2.60. The number of benzene rings is 3. The molecule has 40 heavy (non-hydrogen) atoms. The molecule has 0 bridgehead atoms. The highest BCUT2D eigenvalue weighted by atomic mass is 79.9. The van der Waals surface area contributed by atoms with E-state index in [1.807, 2.05) is 0 Å². The predicted molar refractivity (Wildman–Crippen MR) is 148 cm³/mol. The first kappa shape index (κ1) is 27.4. The van der Waals surface area contributed by atoms with Crippen LogP contribution < -0.4 is 19.4 Å². The van der Waals surface area contributed by atoms with Crippen LogP contribution in [0.3, 0.4) is 0 Å². The standard InChI is InChI=1S/C28H26BrN3O8/c1-3-4-12-39-20-10-8-17(9-11-20)30-27(34)23-24(16-13-21(29)25(33)22(14-16)38-2)31(40-26(23)28(30)35)18-6-5-7-19(15-18)32(36)37/h5-11,13-15,23-24,26,33H,3-4,12H2,1-2H3/t23-,24-,26+/m0/s1. The van der Waals surface area contributed by atoms with Crippen LogP contribution in [0.5, 0.6) is 17.2 Å². The molecule has 2 aliphatic heterocycles. The summed E-state index contributed by atoms with van der Waals surface area (Å²) >= 11 is 3.32. The number of ether oxygens (including phenoxy) is 2. The zero-order valence-corrected chi connectivity index (χ0v) is 23.2. The van der Waals surface area contributed by atoms with Crippen LogP contribution in [0.1, 0.15) is 31.4 Å². The first-order valence-corrected chi connectivity index (χ1v) is 13.4. The van der Waals surface area contributed by atoms with E-state index in [0.29, 0.717) is 28.1 Å². The van der Waals surface area contributed by atoms with Gasteiger partial charge in [-0.3, -0.25) is 24.5 Å². The first-order chi connectivity index (χ1) is 19.2. The number of anilines is 2. The summed E-state index contributed by atoms with van der Waals surface area (Å²) in [6.07, 6.45) is 0.720. The Morgan fingerprint density at radius 2 is 1.82 bits per heavy atom. The molecule has 2 aliphatic rings. The molecular formula is C28H26BrN3O8. The van der Waals surface area contributed by atoms with E-state index >= 15 is 0 Å². The molecule has 2 amide bonds. The highest BCUT2D eigenvalue weighted by Crippen LogP contribution is 2.50. The maximum Gasteiger partial charge on any atom is 0.271 e. The Bertz CT molecular complexity index is 1460. The lowest BCUT2D eigenvalue weighted by atomic mass is 9.90. The maximum absolute atomic E-state index is 13.9. The number of phenolic OH excluding ortho intramolecular Hbond substituents is 1. The van der Waals surface area contributed by atoms with Gasteiger partial charge in [0.1, 0.15) is 11.7 Å². The third-order valence-corrected chi connectivity index (χ3v) is 7.49. The number of nitrogens with zero attached hydrogens (tertiary/aromatic N) is 3. The number of unbranched alkanes of at least 4 members (excludes halogenated alkanes) is 1. The van der Waals surface area contributed by atoms with Crippen molar-refractivity contribution < 1.29 is 33.9 Å². The fourth-order valence-corrected chi connectivity index (χ4v) is 5.38. The number of imide groups is 1. The number of carbonyl (C=O) groups is 2. The van der Waals surface area contributed by atoms with E-state index in [1.54, 1.807) is 42.5 Å². The molecule has 2 fully saturated rings. The van der Waals surface area contributed by atoms with E-state index in [9.17, 15) is 24.8 Å². The number of halogens is 1.